The highest BCUT2D eigenvalue weighted by molar-refractivity contribution is 5.98. The summed E-state index contributed by atoms with van der Waals surface area (Å²) in [6.07, 6.45) is 5.56. The Labute approximate surface area is 164 Å². The highest BCUT2D eigenvalue weighted by Crippen LogP contribution is 2.37. The lowest BCUT2D eigenvalue weighted by atomic mass is 9.97. The Kier molecular flexibility index (Phi) is 6.71. The molecule has 28 heavy (non-hydrogen) atoms. The number of phenols is 3. The second-order valence-electron chi connectivity index (χ2n) is 6.43. The predicted octanol–water partition coefficient (Wildman–Crippen LogP) is 4.28. The standard InChI is InChI=1S/C22H24O6/c1-13(2)5-9-16-19(27-3)12-15(20(21(16)25)22(26)28-4)8-6-14-7-10-17(23)18(24)11-14/h5-8,10-12,23-25H,9H2,1-4H3/b8-6+. The van der Waals surface area contributed by atoms with E-state index in [1.54, 1.807) is 24.3 Å². The van der Waals surface area contributed by atoms with Gasteiger partial charge in [-0.05, 0) is 49.6 Å². The summed E-state index contributed by atoms with van der Waals surface area (Å²) in [6, 6.07) is 5.99. The number of ether oxygens (including phenoxy) is 2. The third-order valence-electron chi connectivity index (χ3n) is 4.17. The molecule has 0 amide bonds. The van der Waals surface area contributed by atoms with Gasteiger partial charge in [-0.15, -0.1) is 0 Å². The number of hydrogen-bond acceptors (Lipinski definition) is 6. The lowest BCUT2D eigenvalue weighted by Crippen LogP contribution is -2.07. The van der Waals surface area contributed by atoms with Gasteiger partial charge < -0.3 is 24.8 Å². The molecule has 3 N–H and O–H groups in total. The molecule has 2 rings (SSSR count). The molecule has 0 radical (unpaired) electrons. The number of benzene rings is 2. The van der Waals surface area contributed by atoms with Gasteiger partial charge in [0.1, 0.15) is 17.1 Å². The number of allylic oxidation sites excluding steroid dienone is 2. The number of carbonyl (C=O) groups excluding carboxylic acids is 1. The number of aromatic hydroxyl groups is 3. The van der Waals surface area contributed by atoms with Gasteiger partial charge >= 0.3 is 5.97 Å². The fourth-order valence-corrected chi connectivity index (χ4v) is 2.67. The third kappa shape index (κ3) is 4.65. The van der Waals surface area contributed by atoms with Crippen LogP contribution in [-0.2, 0) is 11.2 Å². The van der Waals surface area contributed by atoms with Gasteiger partial charge in [0.25, 0.3) is 0 Å². The van der Waals surface area contributed by atoms with E-state index in [9.17, 15) is 20.1 Å². The van der Waals surface area contributed by atoms with Crippen LogP contribution in [0.5, 0.6) is 23.0 Å². The molecule has 0 spiro atoms. The average molecular weight is 384 g/mol. The van der Waals surface area contributed by atoms with Crippen LogP contribution in [0.1, 0.15) is 40.9 Å². The molecule has 6 nitrogen and oxygen atoms in total. The molecule has 0 fully saturated rings. The molecule has 0 aliphatic rings. The van der Waals surface area contributed by atoms with Crippen LogP contribution in [0.4, 0.5) is 0 Å². The summed E-state index contributed by atoms with van der Waals surface area (Å²) >= 11 is 0. The van der Waals surface area contributed by atoms with E-state index in [4.69, 9.17) is 9.47 Å². The summed E-state index contributed by atoms with van der Waals surface area (Å²) < 4.78 is 10.2. The number of phenolic OH excluding ortho intramolecular Hbond substituents is 3. The maximum absolute atomic E-state index is 12.3. The van der Waals surface area contributed by atoms with Crippen molar-refractivity contribution < 1.29 is 29.6 Å². The normalized spacial score (nSPS) is 10.7. The Morgan fingerprint density at radius 1 is 1.04 bits per heavy atom. The van der Waals surface area contributed by atoms with Crippen LogP contribution >= 0.6 is 0 Å². The molecule has 0 heterocycles. The monoisotopic (exact) mass is 384 g/mol. The summed E-state index contributed by atoms with van der Waals surface area (Å²) in [5, 5.41) is 29.8. The lowest BCUT2D eigenvalue weighted by molar-refractivity contribution is 0.0597. The van der Waals surface area contributed by atoms with Gasteiger partial charge in [0.05, 0.1) is 14.2 Å². The number of carbonyl (C=O) groups is 1. The van der Waals surface area contributed by atoms with Crippen molar-refractivity contribution in [3.05, 3.63) is 58.2 Å². The summed E-state index contributed by atoms with van der Waals surface area (Å²) in [5.41, 5.74) is 2.58. The maximum Gasteiger partial charge on any atom is 0.342 e. The molecule has 0 saturated carbocycles. The summed E-state index contributed by atoms with van der Waals surface area (Å²) in [5.74, 6) is -0.914. The minimum atomic E-state index is -0.674. The summed E-state index contributed by atoms with van der Waals surface area (Å²) in [7, 11) is 2.73. The van der Waals surface area contributed by atoms with E-state index < -0.39 is 5.97 Å². The van der Waals surface area contributed by atoms with Crippen molar-refractivity contribution in [1.29, 1.82) is 0 Å². The van der Waals surface area contributed by atoms with Crippen LogP contribution in [0.25, 0.3) is 12.2 Å². The van der Waals surface area contributed by atoms with Crippen molar-refractivity contribution in [2.75, 3.05) is 14.2 Å². The molecule has 0 aromatic heterocycles. The first kappa shape index (κ1) is 20.9. The van der Waals surface area contributed by atoms with Gasteiger partial charge in [-0.1, -0.05) is 29.9 Å². The van der Waals surface area contributed by atoms with E-state index in [0.29, 0.717) is 28.9 Å². The second kappa shape index (κ2) is 8.99. The first-order valence-electron chi connectivity index (χ1n) is 8.63. The number of esters is 1. The molecule has 0 atom stereocenters. The van der Waals surface area contributed by atoms with Gasteiger partial charge in [0.15, 0.2) is 11.5 Å². The van der Waals surface area contributed by atoms with Crippen LogP contribution < -0.4 is 4.74 Å². The van der Waals surface area contributed by atoms with E-state index in [2.05, 4.69) is 0 Å². The third-order valence-corrected chi connectivity index (χ3v) is 4.17. The van der Waals surface area contributed by atoms with E-state index in [0.717, 1.165) is 5.57 Å². The molecule has 0 saturated heterocycles. The molecule has 0 unspecified atom stereocenters. The van der Waals surface area contributed by atoms with Gasteiger partial charge in [-0.25, -0.2) is 4.79 Å². The molecule has 2 aromatic rings. The Balaban J connectivity index is 2.59. The number of hydrogen-bond donors (Lipinski definition) is 3. The molecular formula is C22H24O6. The molecule has 0 aliphatic heterocycles. The van der Waals surface area contributed by atoms with Crippen molar-refractivity contribution in [1.82, 2.24) is 0 Å². The van der Waals surface area contributed by atoms with Crippen molar-refractivity contribution >= 4 is 18.1 Å². The van der Waals surface area contributed by atoms with Crippen molar-refractivity contribution in [3.8, 4) is 23.0 Å². The zero-order valence-electron chi connectivity index (χ0n) is 16.3. The molecule has 148 valence electrons. The van der Waals surface area contributed by atoms with Crippen molar-refractivity contribution in [2.45, 2.75) is 20.3 Å². The zero-order chi connectivity index (χ0) is 20.8. The summed E-state index contributed by atoms with van der Waals surface area (Å²) in [4.78, 5) is 12.3. The maximum atomic E-state index is 12.3. The first-order valence-corrected chi connectivity index (χ1v) is 8.63. The van der Waals surface area contributed by atoms with Crippen molar-refractivity contribution in [3.63, 3.8) is 0 Å². The zero-order valence-corrected chi connectivity index (χ0v) is 16.3. The molecule has 0 bridgehead atoms. The van der Waals surface area contributed by atoms with Crippen LogP contribution in [0, 0.1) is 0 Å². The minimum absolute atomic E-state index is 0.0275. The van der Waals surface area contributed by atoms with Gasteiger partial charge in [0.2, 0.25) is 0 Å². The van der Waals surface area contributed by atoms with E-state index in [-0.39, 0.29) is 22.8 Å². The van der Waals surface area contributed by atoms with Crippen LogP contribution in [0.15, 0.2) is 35.9 Å². The molecular weight excluding hydrogens is 360 g/mol. The number of methoxy groups -OCH3 is 2. The van der Waals surface area contributed by atoms with Crippen LogP contribution in [0.3, 0.4) is 0 Å². The highest BCUT2D eigenvalue weighted by atomic mass is 16.5. The largest absolute Gasteiger partial charge is 0.507 e. The van der Waals surface area contributed by atoms with Gasteiger partial charge in [0, 0.05) is 5.56 Å². The Morgan fingerprint density at radius 3 is 2.32 bits per heavy atom. The average Bonchev–Trinajstić information content (AvgIpc) is 2.66. The van der Waals surface area contributed by atoms with E-state index in [1.165, 1.54) is 26.4 Å². The van der Waals surface area contributed by atoms with Gasteiger partial charge in [-0.2, -0.15) is 0 Å². The fourth-order valence-electron chi connectivity index (χ4n) is 2.67. The Morgan fingerprint density at radius 2 is 1.75 bits per heavy atom. The van der Waals surface area contributed by atoms with Crippen LogP contribution in [0.2, 0.25) is 0 Å². The number of rotatable bonds is 6. The quantitative estimate of drug-likeness (QED) is 0.298. The second-order valence-corrected chi connectivity index (χ2v) is 6.43. The Bertz CT molecular complexity index is 937. The smallest absolute Gasteiger partial charge is 0.342 e. The highest BCUT2D eigenvalue weighted by Gasteiger charge is 2.22. The van der Waals surface area contributed by atoms with Crippen molar-refractivity contribution in [2.24, 2.45) is 0 Å². The molecule has 6 heteroatoms. The molecule has 2 aromatic carbocycles. The minimum Gasteiger partial charge on any atom is -0.507 e. The Hall–Kier alpha value is -3.41. The lowest BCUT2D eigenvalue weighted by Gasteiger charge is -2.15. The topological polar surface area (TPSA) is 96.2 Å². The summed E-state index contributed by atoms with van der Waals surface area (Å²) in [6.45, 7) is 3.88. The van der Waals surface area contributed by atoms with E-state index >= 15 is 0 Å². The SMILES string of the molecule is COC(=O)c1c(/C=C/c2ccc(O)c(O)c2)cc(OC)c(CC=C(C)C)c1O. The predicted molar refractivity (Wildman–Crippen MR) is 108 cm³/mol. The van der Waals surface area contributed by atoms with Crippen LogP contribution in [-0.4, -0.2) is 35.5 Å². The molecule has 0 aliphatic carbocycles. The first-order chi connectivity index (χ1) is 13.3. The van der Waals surface area contributed by atoms with Gasteiger partial charge in [-0.3, -0.25) is 0 Å². The fraction of sp³-hybridized carbons (Fsp3) is 0.227. The van der Waals surface area contributed by atoms with E-state index in [1.807, 2.05) is 19.9 Å².